The molecule has 0 aliphatic carbocycles. The minimum absolute atomic E-state index is 0.0492. The Morgan fingerprint density at radius 3 is 2.19 bits per heavy atom. The van der Waals surface area contributed by atoms with Gasteiger partial charge in [0.1, 0.15) is 11.7 Å². The van der Waals surface area contributed by atoms with Crippen LogP contribution in [-0.2, 0) is 0 Å². The number of aliphatic hydroxyl groups is 1. The lowest BCUT2D eigenvalue weighted by Crippen LogP contribution is -2.72. The average Bonchev–Trinajstić information content (AvgIpc) is 2.61. The number of alkyl halides is 3. The second-order valence-electron chi connectivity index (χ2n) is 6.14. The quantitative estimate of drug-likeness (QED) is 0.615. The number of carbonyl (C=O) groups is 2. The van der Waals surface area contributed by atoms with Crippen LogP contribution in [-0.4, -0.2) is 33.9 Å². The first-order valence-corrected chi connectivity index (χ1v) is 7.89. The van der Waals surface area contributed by atoms with Gasteiger partial charge in [0.2, 0.25) is 5.72 Å². The molecule has 2 aromatic carbocycles. The number of nitrogens with one attached hydrogen (secondary N) is 2. The molecule has 1 fully saturated rings. The summed E-state index contributed by atoms with van der Waals surface area (Å²) in [6.45, 7) is 0. The highest BCUT2D eigenvalue weighted by Crippen LogP contribution is 2.44. The smallest absolute Gasteiger partial charge is 0.437 e. The first kappa shape index (κ1) is 18.7. The van der Waals surface area contributed by atoms with E-state index in [4.69, 9.17) is 0 Å². The molecule has 1 aliphatic rings. The Balaban J connectivity index is 2.15. The molecule has 2 aromatic rings. The van der Waals surface area contributed by atoms with Gasteiger partial charge in [0.25, 0.3) is 0 Å². The summed E-state index contributed by atoms with van der Waals surface area (Å²) >= 11 is 0. The van der Waals surface area contributed by atoms with Crippen LogP contribution in [0.15, 0.2) is 54.6 Å². The summed E-state index contributed by atoms with van der Waals surface area (Å²) in [7, 11) is 0. The summed E-state index contributed by atoms with van der Waals surface area (Å²) in [6.07, 6.45) is -5.31. The number of Topliss-reactive ketones (excluding diaryl/α,β-unsaturated/α-hetero) is 1. The highest BCUT2D eigenvalue weighted by molar-refractivity contribution is 6.00. The lowest BCUT2D eigenvalue weighted by molar-refractivity contribution is -0.287. The topological polar surface area (TPSA) is 98.7 Å². The van der Waals surface area contributed by atoms with E-state index in [-0.39, 0.29) is 16.9 Å². The van der Waals surface area contributed by atoms with E-state index in [2.05, 4.69) is 5.32 Å². The number of carbonyl (C=O) groups excluding carboxylic acids is 2. The third kappa shape index (κ3) is 3.33. The monoisotopic (exact) mass is 380 g/mol. The van der Waals surface area contributed by atoms with Gasteiger partial charge in [-0.3, -0.25) is 4.79 Å². The van der Waals surface area contributed by atoms with Gasteiger partial charge >= 0.3 is 12.2 Å². The van der Waals surface area contributed by atoms with Gasteiger partial charge in [-0.2, -0.15) is 13.2 Å². The maximum absolute atomic E-state index is 13.7. The molecule has 1 heterocycles. The van der Waals surface area contributed by atoms with Crippen LogP contribution in [0.3, 0.4) is 0 Å². The van der Waals surface area contributed by atoms with E-state index >= 15 is 0 Å². The van der Waals surface area contributed by atoms with Crippen molar-refractivity contribution in [3.8, 4) is 5.75 Å². The van der Waals surface area contributed by atoms with E-state index in [9.17, 15) is 33.0 Å². The van der Waals surface area contributed by atoms with Crippen molar-refractivity contribution >= 4 is 11.8 Å². The molecule has 0 bridgehead atoms. The van der Waals surface area contributed by atoms with E-state index in [0.29, 0.717) is 0 Å². The van der Waals surface area contributed by atoms with E-state index in [1.807, 2.05) is 0 Å². The fourth-order valence-electron chi connectivity index (χ4n) is 3.08. The number of benzene rings is 2. The lowest BCUT2D eigenvalue weighted by Gasteiger charge is -2.45. The predicted octanol–water partition coefficient (Wildman–Crippen LogP) is 2.50. The number of hydrogen-bond acceptors (Lipinski definition) is 4. The van der Waals surface area contributed by atoms with Crippen molar-refractivity contribution in [2.24, 2.45) is 5.92 Å². The zero-order valence-corrected chi connectivity index (χ0v) is 13.7. The molecule has 9 heteroatoms. The molecule has 0 saturated carbocycles. The number of halogens is 3. The summed E-state index contributed by atoms with van der Waals surface area (Å²) < 4.78 is 41.1. The fourth-order valence-corrected chi connectivity index (χ4v) is 3.08. The van der Waals surface area contributed by atoms with Gasteiger partial charge in [0.05, 0.1) is 6.04 Å². The molecule has 142 valence electrons. The van der Waals surface area contributed by atoms with Crippen LogP contribution in [0.5, 0.6) is 5.75 Å². The fraction of sp³-hybridized carbons (Fsp3) is 0.222. The van der Waals surface area contributed by atoms with Gasteiger partial charge in [-0.1, -0.05) is 42.5 Å². The minimum atomic E-state index is -5.31. The number of phenols is 1. The first-order chi connectivity index (χ1) is 12.6. The zero-order valence-electron chi connectivity index (χ0n) is 13.7. The zero-order chi connectivity index (χ0) is 19.8. The van der Waals surface area contributed by atoms with Gasteiger partial charge in [-0.15, -0.1) is 0 Å². The Morgan fingerprint density at radius 1 is 1.04 bits per heavy atom. The molecule has 0 unspecified atom stereocenters. The van der Waals surface area contributed by atoms with E-state index < -0.39 is 35.7 Å². The minimum Gasteiger partial charge on any atom is -0.508 e. The van der Waals surface area contributed by atoms with E-state index in [1.54, 1.807) is 6.07 Å². The third-order valence-corrected chi connectivity index (χ3v) is 4.40. The molecular weight excluding hydrogens is 365 g/mol. The SMILES string of the molecule is O=C1N[C@@H](c2ccc(O)cc2)[C@H](C(=O)c2ccccc2)[C@@](O)(C(F)(F)F)N1. The second-order valence-corrected chi connectivity index (χ2v) is 6.14. The van der Waals surface area contributed by atoms with Crippen molar-refractivity contribution in [2.75, 3.05) is 0 Å². The molecule has 3 rings (SSSR count). The molecule has 3 atom stereocenters. The summed E-state index contributed by atoms with van der Waals surface area (Å²) in [5.41, 5.74) is -3.70. The number of aromatic hydroxyl groups is 1. The van der Waals surface area contributed by atoms with Gasteiger partial charge < -0.3 is 20.8 Å². The van der Waals surface area contributed by atoms with Crippen molar-refractivity contribution in [1.82, 2.24) is 10.6 Å². The van der Waals surface area contributed by atoms with Crippen LogP contribution in [0.2, 0.25) is 0 Å². The largest absolute Gasteiger partial charge is 0.508 e. The Kier molecular flexibility index (Phi) is 4.56. The van der Waals surface area contributed by atoms with Crippen molar-refractivity contribution in [3.63, 3.8) is 0 Å². The van der Waals surface area contributed by atoms with Gasteiger partial charge in [0, 0.05) is 5.56 Å². The number of urea groups is 1. The number of amides is 2. The Bertz CT molecular complexity index is 855. The van der Waals surface area contributed by atoms with Crippen molar-refractivity contribution in [2.45, 2.75) is 17.9 Å². The van der Waals surface area contributed by atoms with Crippen LogP contribution in [0, 0.1) is 5.92 Å². The van der Waals surface area contributed by atoms with Crippen LogP contribution in [0.1, 0.15) is 22.0 Å². The Hall–Kier alpha value is -3.07. The van der Waals surface area contributed by atoms with Gasteiger partial charge in [-0.05, 0) is 17.7 Å². The van der Waals surface area contributed by atoms with E-state index in [1.165, 1.54) is 53.8 Å². The average molecular weight is 380 g/mol. The molecule has 27 heavy (non-hydrogen) atoms. The van der Waals surface area contributed by atoms with Crippen LogP contribution < -0.4 is 10.6 Å². The Morgan fingerprint density at radius 2 is 1.63 bits per heavy atom. The molecule has 1 saturated heterocycles. The number of phenolic OH excluding ortho intramolecular Hbond substituents is 1. The maximum atomic E-state index is 13.7. The van der Waals surface area contributed by atoms with Crippen molar-refractivity contribution in [3.05, 3.63) is 65.7 Å². The molecule has 0 aromatic heterocycles. The van der Waals surface area contributed by atoms with Crippen LogP contribution >= 0.6 is 0 Å². The summed E-state index contributed by atoms with van der Waals surface area (Å²) in [5, 5.41) is 23.5. The Labute approximate surface area is 151 Å². The van der Waals surface area contributed by atoms with Crippen molar-refractivity contribution in [1.29, 1.82) is 0 Å². The molecule has 0 radical (unpaired) electrons. The number of ketones is 1. The number of rotatable bonds is 3. The van der Waals surface area contributed by atoms with Gasteiger partial charge in [0.15, 0.2) is 5.78 Å². The lowest BCUT2D eigenvalue weighted by atomic mass is 9.77. The molecule has 4 N–H and O–H groups in total. The molecule has 1 aliphatic heterocycles. The molecule has 6 nitrogen and oxygen atoms in total. The molecular formula is C18H15F3N2O4. The molecule has 0 spiro atoms. The predicted molar refractivity (Wildman–Crippen MR) is 87.8 cm³/mol. The standard InChI is InChI=1S/C18H15F3N2O4/c19-18(20,21)17(27)13(15(25)11-4-2-1-3-5-11)14(22-16(26)23-17)10-6-8-12(24)9-7-10/h1-9,13-14,24,27H,(H2,22,23,26)/t13-,14+,17-/m1/s1. The third-order valence-electron chi connectivity index (χ3n) is 4.40. The maximum Gasteiger partial charge on any atom is 0.437 e. The van der Waals surface area contributed by atoms with Crippen LogP contribution in [0.25, 0.3) is 0 Å². The second kappa shape index (κ2) is 6.58. The summed E-state index contributed by atoms with van der Waals surface area (Å²) in [6, 6.07) is 9.40. The summed E-state index contributed by atoms with van der Waals surface area (Å²) in [5.74, 6) is -3.24. The molecule has 2 amide bonds. The van der Waals surface area contributed by atoms with E-state index in [0.717, 1.165) is 0 Å². The van der Waals surface area contributed by atoms with Crippen molar-refractivity contribution < 1.29 is 33.0 Å². The number of hydrogen-bond donors (Lipinski definition) is 4. The van der Waals surface area contributed by atoms with Crippen LogP contribution in [0.4, 0.5) is 18.0 Å². The highest BCUT2D eigenvalue weighted by atomic mass is 19.4. The van der Waals surface area contributed by atoms with Gasteiger partial charge in [-0.25, -0.2) is 4.79 Å². The summed E-state index contributed by atoms with van der Waals surface area (Å²) in [4.78, 5) is 24.8. The highest BCUT2D eigenvalue weighted by Gasteiger charge is 2.66. The first-order valence-electron chi connectivity index (χ1n) is 7.89. The normalized spacial score (nSPS) is 25.4.